The molecule has 2 amide bonds. The molecule has 0 fully saturated rings. The molecule has 0 saturated carbocycles. The lowest BCUT2D eigenvalue weighted by molar-refractivity contribution is -0.139. The van der Waals surface area contributed by atoms with Crippen LogP contribution in [0.15, 0.2) is 61.2 Å². The van der Waals surface area contributed by atoms with Crippen molar-refractivity contribution in [3.05, 3.63) is 72.3 Å². The van der Waals surface area contributed by atoms with E-state index in [1.807, 2.05) is 48.5 Å². The Balaban J connectivity index is 1.38. The summed E-state index contributed by atoms with van der Waals surface area (Å²) in [6, 6.07) is 14.9. The highest BCUT2D eigenvalue weighted by atomic mass is 16.6. The molecule has 9 nitrogen and oxygen atoms in total. The first-order chi connectivity index (χ1) is 17.5. The van der Waals surface area contributed by atoms with E-state index in [9.17, 15) is 19.5 Å². The summed E-state index contributed by atoms with van der Waals surface area (Å²) >= 11 is 0. The van der Waals surface area contributed by atoms with Crippen LogP contribution in [0.2, 0.25) is 0 Å². The minimum Gasteiger partial charge on any atom is -0.480 e. The minimum absolute atomic E-state index is 0.106. The molecule has 0 aliphatic heterocycles. The molecule has 2 aromatic carbocycles. The third-order valence-corrected chi connectivity index (χ3v) is 5.82. The Morgan fingerprint density at radius 3 is 2.25 bits per heavy atom. The Bertz CT molecular complexity index is 1010. The number of carboxylic acid groups (broad SMARTS) is 1. The van der Waals surface area contributed by atoms with Gasteiger partial charge in [0.25, 0.3) is 0 Å². The van der Waals surface area contributed by atoms with Gasteiger partial charge in [-0.25, -0.2) is 14.4 Å². The third-order valence-electron chi connectivity index (χ3n) is 5.82. The van der Waals surface area contributed by atoms with Crippen molar-refractivity contribution in [1.29, 1.82) is 0 Å². The summed E-state index contributed by atoms with van der Waals surface area (Å²) in [7, 11) is 0. The van der Waals surface area contributed by atoms with Gasteiger partial charge in [0.2, 0.25) is 0 Å². The number of rotatable bonds is 14. The lowest BCUT2D eigenvalue weighted by Gasteiger charge is -2.17. The Kier molecular flexibility index (Phi) is 10.3. The van der Waals surface area contributed by atoms with Crippen LogP contribution in [-0.2, 0) is 19.0 Å². The van der Waals surface area contributed by atoms with E-state index in [-0.39, 0.29) is 32.2 Å². The van der Waals surface area contributed by atoms with Gasteiger partial charge < -0.3 is 30.0 Å². The number of hydrogen-bond donors (Lipinski definition) is 3. The molecule has 1 aliphatic rings. The molecule has 0 aromatic heterocycles. The molecule has 0 unspecified atom stereocenters. The number of carbonyl (C=O) groups excluding carboxylic acids is 2. The SMILES string of the molecule is C=CCOCCOC(=O)NCCCC[C@H](NC(=O)OCC1c2ccccc2-c2ccccc21)C(=O)O. The molecule has 0 spiro atoms. The highest BCUT2D eigenvalue weighted by molar-refractivity contribution is 5.81. The van der Waals surface area contributed by atoms with E-state index in [4.69, 9.17) is 14.2 Å². The highest BCUT2D eigenvalue weighted by Gasteiger charge is 2.29. The predicted molar refractivity (Wildman–Crippen MR) is 134 cm³/mol. The van der Waals surface area contributed by atoms with Gasteiger partial charge in [0.1, 0.15) is 19.3 Å². The number of amides is 2. The first-order valence-corrected chi connectivity index (χ1v) is 11.9. The number of nitrogens with one attached hydrogen (secondary N) is 2. The van der Waals surface area contributed by atoms with Crippen LogP contribution in [0.3, 0.4) is 0 Å². The number of carbonyl (C=O) groups is 3. The van der Waals surface area contributed by atoms with Crippen LogP contribution < -0.4 is 10.6 Å². The van der Waals surface area contributed by atoms with Gasteiger partial charge in [0, 0.05) is 12.5 Å². The maximum atomic E-state index is 12.4. The molecule has 0 saturated heterocycles. The summed E-state index contributed by atoms with van der Waals surface area (Å²) < 4.78 is 15.5. The largest absolute Gasteiger partial charge is 0.480 e. The molecule has 9 heteroatoms. The molecule has 0 bridgehead atoms. The zero-order valence-corrected chi connectivity index (χ0v) is 20.1. The average Bonchev–Trinajstić information content (AvgIpc) is 3.20. The van der Waals surface area contributed by atoms with Crippen LogP contribution in [0.25, 0.3) is 11.1 Å². The summed E-state index contributed by atoms with van der Waals surface area (Å²) in [5.74, 6) is -1.25. The third kappa shape index (κ3) is 7.58. The number of benzene rings is 2. The summed E-state index contributed by atoms with van der Waals surface area (Å²) in [5, 5.41) is 14.5. The second-order valence-electron chi connectivity index (χ2n) is 8.28. The van der Waals surface area contributed by atoms with E-state index >= 15 is 0 Å². The second-order valence-corrected chi connectivity index (χ2v) is 8.28. The molecular formula is C27H32N2O7. The summed E-state index contributed by atoms with van der Waals surface area (Å²) in [4.78, 5) is 35.6. The lowest BCUT2D eigenvalue weighted by Crippen LogP contribution is -2.41. The zero-order chi connectivity index (χ0) is 25.8. The van der Waals surface area contributed by atoms with E-state index in [0.717, 1.165) is 22.3 Å². The molecule has 192 valence electrons. The van der Waals surface area contributed by atoms with E-state index in [1.54, 1.807) is 6.08 Å². The summed E-state index contributed by atoms with van der Waals surface area (Å²) in [6.07, 6.45) is 1.47. The fraction of sp³-hybridized carbons (Fsp3) is 0.370. The number of carboxylic acids is 1. The predicted octanol–water partition coefficient (Wildman–Crippen LogP) is 4.08. The highest BCUT2D eigenvalue weighted by Crippen LogP contribution is 2.44. The maximum absolute atomic E-state index is 12.4. The first kappa shape index (κ1) is 26.7. The number of alkyl carbamates (subject to hydrolysis) is 2. The van der Waals surface area contributed by atoms with Gasteiger partial charge in [-0.2, -0.15) is 0 Å². The normalized spacial score (nSPS) is 12.7. The fourth-order valence-corrected chi connectivity index (χ4v) is 4.11. The molecule has 36 heavy (non-hydrogen) atoms. The van der Waals surface area contributed by atoms with Gasteiger partial charge in [-0.05, 0) is 41.5 Å². The number of ether oxygens (including phenoxy) is 3. The van der Waals surface area contributed by atoms with Crippen molar-refractivity contribution in [2.45, 2.75) is 31.2 Å². The molecular weight excluding hydrogens is 464 g/mol. The fourth-order valence-electron chi connectivity index (χ4n) is 4.11. The molecule has 3 rings (SSSR count). The average molecular weight is 497 g/mol. The maximum Gasteiger partial charge on any atom is 0.407 e. The Morgan fingerprint density at radius 1 is 0.944 bits per heavy atom. The van der Waals surface area contributed by atoms with Gasteiger partial charge in [0.05, 0.1) is 13.2 Å². The minimum atomic E-state index is -1.14. The van der Waals surface area contributed by atoms with Crippen molar-refractivity contribution in [2.75, 3.05) is 33.0 Å². The topological polar surface area (TPSA) is 123 Å². The van der Waals surface area contributed by atoms with E-state index in [2.05, 4.69) is 17.2 Å². The van der Waals surface area contributed by atoms with Gasteiger partial charge in [-0.1, -0.05) is 54.6 Å². The first-order valence-electron chi connectivity index (χ1n) is 11.9. The number of unbranched alkanes of at least 4 members (excludes halogenated alkanes) is 1. The van der Waals surface area contributed by atoms with Crippen LogP contribution in [0.5, 0.6) is 0 Å². The van der Waals surface area contributed by atoms with Crippen molar-refractivity contribution in [3.63, 3.8) is 0 Å². The molecule has 0 radical (unpaired) electrons. The van der Waals surface area contributed by atoms with Gasteiger partial charge in [-0.15, -0.1) is 6.58 Å². The number of fused-ring (bicyclic) bond motifs is 3. The molecule has 0 heterocycles. The standard InChI is InChI=1S/C27H32N2O7/c1-2-15-34-16-17-35-26(32)28-14-8-7-13-24(25(30)31)29-27(33)36-18-23-21-11-5-3-9-19(21)20-10-4-6-12-22(20)23/h2-6,9-12,23-24H,1,7-8,13-18H2,(H,28,32)(H,29,33)(H,30,31)/t24-/m0/s1. The van der Waals surface area contributed by atoms with E-state index in [0.29, 0.717) is 26.0 Å². The van der Waals surface area contributed by atoms with Crippen molar-refractivity contribution in [1.82, 2.24) is 10.6 Å². The quantitative estimate of drug-likeness (QED) is 0.266. The molecule has 2 aromatic rings. The Morgan fingerprint density at radius 2 is 1.61 bits per heavy atom. The monoisotopic (exact) mass is 496 g/mol. The van der Waals surface area contributed by atoms with Gasteiger partial charge >= 0.3 is 18.2 Å². The molecule has 3 N–H and O–H groups in total. The zero-order valence-electron chi connectivity index (χ0n) is 20.1. The van der Waals surface area contributed by atoms with Crippen LogP contribution in [-0.4, -0.2) is 62.3 Å². The van der Waals surface area contributed by atoms with Crippen molar-refractivity contribution < 1.29 is 33.7 Å². The Hall–Kier alpha value is -3.85. The van der Waals surface area contributed by atoms with Gasteiger partial charge in [-0.3, -0.25) is 0 Å². The van der Waals surface area contributed by atoms with E-state index in [1.165, 1.54) is 0 Å². The lowest BCUT2D eigenvalue weighted by atomic mass is 9.98. The Labute approximate surface area is 210 Å². The van der Waals surface area contributed by atoms with Crippen molar-refractivity contribution in [3.8, 4) is 11.1 Å². The second kappa shape index (κ2) is 13.9. The molecule has 1 aliphatic carbocycles. The number of aliphatic carboxylic acids is 1. The van der Waals surface area contributed by atoms with E-state index < -0.39 is 24.2 Å². The van der Waals surface area contributed by atoms with Gasteiger partial charge in [0.15, 0.2) is 0 Å². The summed E-state index contributed by atoms with van der Waals surface area (Å²) in [6.45, 7) is 4.75. The van der Waals surface area contributed by atoms with Crippen LogP contribution in [0.4, 0.5) is 9.59 Å². The summed E-state index contributed by atoms with van der Waals surface area (Å²) in [5.41, 5.74) is 4.39. The van der Waals surface area contributed by atoms with Crippen LogP contribution in [0.1, 0.15) is 36.3 Å². The van der Waals surface area contributed by atoms with Crippen LogP contribution >= 0.6 is 0 Å². The molecule has 1 atom stereocenters. The number of hydrogen-bond acceptors (Lipinski definition) is 6. The smallest absolute Gasteiger partial charge is 0.407 e. The van der Waals surface area contributed by atoms with Crippen molar-refractivity contribution >= 4 is 18.2 Å². The van der Waals surface area contributed by atoms with Crippen LogP contribution in [0, 0.1) is 0 Å². The van der Waals surface area contributed by atoms with Crippen molar-refractivity contribution in [2.24, 2.45) is 0 Å².